The number of carbonyl (C=O) groups excluding carboxylic acids is 2. The monoisotopic (exact) mass is 492 g/mol. The molecule has 8 heteroatoms. The zero-order chi connectivity index (χ0) is 26.1. The van der Waals surface area contributed by atoms with Crippen molar-refractivity contribution in [3.63, 3.8) is 0 Å². The zero-order valence-corrected chi connectivity index (χ0v) is 21.8. The Labute approximate surface area is 213 Å². The molecule has 0 aliphatic heterocycles. The molecule has 1 N–H and O–H groups in total. The molecule has 1 aromatic heterocycles. The number of nitrogens with one attached hydrogen (secondary N) is 1. The van der Waals surface area contributed by atoms with Crippen LogP contribution in [0.5, 0.6) is 5.75 Å². The van der Waals surface area contributed by atoms with Crippen LogP contribution in [-0.4, -0.2) is 60.4 Å². The first-order chi connectivity index (χ1) is 17.2. The van der Waals surface area contributed by atoms with E-state index in [1.165, 1.54) is 0 Å². The largest absolute Gasteiger partial charge is 0.497 e. The molecule has 0 atom stereocenters. The van der Waals surface area contributed by atoms with Crippen molar-refractivity contribution in [2.45, 2.75) is 39.0 Å². The maximum absolute atomic E-state index is 13.1. The highest BCUT2D eigenvalue weighted by Gasteiger charge is 2.23. The van der Waals surface area contributed by atoms with Gasteiger partial charge in [-0.1, -0.05) is 51.1 Å². The highest BCUT2D eigenvalue weighted by atomic mass is 16.5. The van der Waals surface area contributed by atoms with Gasteiger partial charge in [-0.05, 0) is 36.2 Å². The molecule has 0 saturated carbocycles. The lowest BCUT2D eigenvalue weighted by Crippen LogP contribution is -2.40. The lowest BCUT2D eigenvalue weighted by atomic mass is 9.92. The van der Waals surface area contributed by atoms with Crippen molar-refractivity contribution in [3.05, 3.63) is 71.9 Å². The average molecular weight is 493 g/mol. The highest BCUT2D eigenvalue weighted by Crippen LogP contribution is 2.27. The first-order valence-electron chi connectivity index (χ1n) is 12.1. The molecule has 8 nitrogen and oxygen atoms in total. The summed E-state index contributed by atoms with van der Waals surface area (Å²) < 4.78 is 12.1. The van der Waals surface area contributed by atoms with E-state index in [2.05, 4.69) is 26.1 Å². The van der Waals surface area contributed by atoms with Crippen LogP contribution in [0.15, 0.2) is 60.7 Å². The summed E-state index contributed by atoms with van der Waals surface area (Å²) in [5, 5.41) is 7.71. The molecule has 0 aliphatic carbocycles. The van der Waals surface area contributed by atoms with E-state index in [1.807, 2.05) is 60.7 Å². The Morgan fingerprint density at radius 3 is 2.33 bits per heavy atom. The number of hydrogen-bond acceptors (Lipinski definition) is 5. The number of rotatable bonds is 11. The molecule has 2 aromatic carbocycles. The zero-order valence-electron chi connectivity index (χ0n) is 21.8. The third-order valence-electron chi connectivity index (χ3n) is 5.79. The van der Waals surface area contributed by atoms with Gasteiger partial charge in [0.05, 0.1) is 31.6 Å². The number of aromatic nitrogens is 2. The number of hydrogen-bond donors (Lipinski definition) is 1. The Bertz CT molecular complexity index is 1130. The standard InChI is InChI=1S/C28H36N4O4/c1-28(2,3)24-19-25(32(30-24)22-12-14-23(36-5)15-13-22)29-26(33)20-31(17-18-35-4)27(34)16-11-21-9-7-6-8-10-21/h6-10,12-15,19H,11,16-18,20H2,1-5H3,(H,29,33). The molecule has 0 unspecified atom stereocenters. The molecule has 192 valence electrons. The van der Waals surface area contributed by atoms with Crippen molar-refractivity contribution in [2.24, 2.45) is 0 Å². The van der Waals surface area contributed by atoms with Gasteiger partial charge in [0.1, 0.15) is 11.6 Å². The predicted molar refractivity (Wildman–Crippen MR) is 141 cm³/mol. The highest BCUT2D eigenvalue weighted by molar-refractivity contribution is 5.94. The minimum absolute atomic E-state index is 0.0738. The topological polar surface area (TPSA) is 85.7 Å². The summed E-state index contributed by atoms with van der Waals surface area (Å²) >= 11 is 0. The molecule has 2 amide bonds. The number of aryl methyl sites for hydroxylation is 1. The SMILES string of the molecule is COCCN(CC(=O)Nc1cc(C(C)(C)C)nn1-c1ccc(OC)cc1)C(=O)CCc1ccccc1. The fourth-order valence-corrected chi connectivity index (χ4v) is 3.66. The summed E-state index contributed by atoms with van der Waals surface area (Å²) in [7, 11) is 3.19. The summed E-state index contributed by atoms with van der Waals surface area (Å²) in [6, 6.07) is 19.2. The molecule has 0 radical (unpaired) electrons. The Kier molecular flexibility index (Phi) is 9.25. The van der Waals surface area contributed by atoms with Crippen LogP contribution in [0, 0.1) is 0 Å². The fraction of sp³-hybridized carbons (Fsp3) is 0.393. The van der Waals surface area contributed by atoms with E-state index in [9.17, 15) is 9.59 Å². The van der Waals surface area contributed by atoms with Crippen molar-refractivity contribution in [2.75, 3.05) is 39.2 Å². The van der Waals surface area contributed by atoms with Gasteiger partial charge in [-0.2, -0.15) is 5.10 Å². The third kappa shape index (κ3) is 7.42. The predicted octanol–water partition coefficient (Wildman–Crippen LogP) is 4.22. The molecule has 0 bridgehead atoms. The van der Waals surface area contributed by atoms with Gasteiger partial charge in [-0.25, -0.2) is 4.68 Å². The van der Waals surface area contributed by atoms with Crippen LogP contribution in [0.1, 0.15) is 38.4 Å². The quantitative estimate of drug-likeness (QED) is 0.433. The van der Waals surface area contributed by atoms with Crippen molar-refractivity contribution in [3.8, 4) is 11.4 Å². The molecule has 3 rings (SSSR count). The normalized spacial score (nSPS) is 11.2. The maximum atomic E-state index is 13.1. The molecule has 0 saturated heterocycles. The lowest BCUT2D eigenvalue weighted by molar-refractivity contribution is -0.135. The van der Waals surface area contributed by atoms with Gasteiger partial charge in [-0.3, -0.25) is 9.59 Å². The molecular weight excluding hydrogens is 456 g/mol. The van der Waals surface area contributed by atoms with Gasteiger partial charge >= 0.3 is 0 Å². The number of nitrogens with zero attached hydrogens (tertiary/aromatic N) is 3. The Morgan fingerprint density at radius 2 is 1.72 bits per heavy atom. The number of amides is 2. The summed E-state index contributed by atoms with van der Waals surface area (Å²) in [4.78, 5) is 27.6. The molecule has 36 heavy (non-hydrogen) atoms. The molecule has 3 aromatic rings. The van der Waals surface area contributed by atoms with E-state index in [0.717, 1.165) is 22.7 Å². The number of ether oxygens (including phenoxy) is 2. The molecule has 0 spiro atoms. The first-order valence-corrected chi connectivity index (χ1v) is 12.1. The van der Waals surface area contributed by atoms with Gasteiger partial charge < -0.3 is 19.7 Å². The Morgan fingerprint density at radius 1 is 1.03 bits per heavy atom. The Hall–Kier alpha value is -3.65. The van der Waals surface area contributed by atoms with E-state index >= 15 is 0 Å². The number of carbonyl (C=O) groups is 2. The minimum atomic E-state index is -0.297. The van der Waals surface area contributed by atoms with E-state index < -0.39 is 0 Å². The fourth-order valence-electron chi connectivity index (χ4n) is 3.66. The van der Waals surface area contributed by atoms with Crippen molar-refractivity contribution in [1.82, 2.24) is 14.7 Å². The van der Waals surface area contributed by atoms with Gasteiger partial charge in [-0.15, -0.1) is 0 Å². The van der Waals surface area contributed by atoms with Crippen molar-refractivity contribution in [1.29, 1.82) is 0 Å². The van der Waals surface area contributed by atoms with Crippen LogP contribution in [0.3, 0.4) is 0 Å². The molecule has 1 heterocycles. The second-order valence-corrected chi connectivity index (χ2v) is 9.62. The first kappa shape index (κ1) is 26.9. The van der Waals surface area contributed by atoms with Crippen LogP contribution in [0.25, 0.3) is 5.69 Å². The van der Waals surface area contributed by atoms with Crippen molar-refractivity contribution < 1.29 is 19.1 Å². The van der Waals surface area contributed by atoms with E-state index in [-0.39, 0.29) is 23.8 Å². The van der Waals surface area contributed by atoms with Crippen molar-refractivity contribution >= 4 is 17.6 Å². The van der Waals surface area contributed by atoms with E-state index in [4.69, 9.17) is 14.6 Å². The average Bonchev–Trinajstić information content (AvgIpc) is 3.30. The summed E-state index contributed by atoms with van der Waals surface area (Å²) in [5.74, 6) is 0.883. The third-order valence-corrected chi connectivity index (χ3v) is 5.79. The van der Waals surface area contributed by atoms with Crippen LogP contribution >= 0.6 is 0 Å². The number of methoxy groups -OCH3 is 2. The summed E-state index contributed by atoms with van der Waals surface area (Å²) in [6.45, 7) is 6.81. The number of anilines is 1. The maximum Gasteiger partial charge on any atom is 0.245 e. The second-order valence-electron chi connectivity index (χ2n) is 9.62. The van der Waals surface area contributed by atoms with E-state index in [1.54, 1.807) is 23.8 Å². The Balaban J connectivity index is 1.76. The molecular formula is C28H36N4O4. The molecule has 0 fully saturated rings. The van der Waals surface area contributed by atoms with Crippen LogP contribution in [-0.2, 0) is 26.2 Å². The van der Waals surface area contributed by atoms with Gasteiger partial charge in [0.15, 0.2) is 0 Å². The molecule has 0 aliphatic rings. The van der Waals surface area contributed by atoms with Crippen LogP contribution < -0.4 is 10.1 Å². The van der Waals surface area contributed by atoms with Gasteiger partial charge in [0.2, 0.25) is 11.8 Å². The smallest absolute Gasteiger partial charge is 0.245 e. The van der Waals surface area contributed by atoms with E-state index in [0.29, 0.717) is 31.8 Å². The van der Waals surface area contributed by atoms with Gasteiger partial charge in [0, 0.05) is 31.6 Å². The lowest BCUT2D eigenvalue weighted by Gasteiger charge is -2.22. The summed E-state index contributed by atoms with van der Waals surface area (Å²) in [6.07, 6.45) is 0.933. The minimum Gasteiger partial charge on any atom is -0.497 e. The van der Waals surface area contributed by atoms with Crippen LogP contribution in [0.4, 0.5) is 5.82 Å². The summed E-state index contributed by atoms with van der Waals surface area (Å²) in [5.41, 5.74) is 2.50. The van der Waals surface area contributed by atoms with Gasteiger partial charge in [0.25, 0.3) is 0 Å². The van der Waals surface area contributed by atoms with Crippen LogP contribution in [0.2, 0.25) is 0 Å². The number of benzene rings is 2. The second kappa shape index (κ2) is 12.4.